The van der Waals surface area contributed by atoms with Crippen LogP contribution in [0.4, 0.5) is 10.2 Å². The summed E-state index contributed by atoms with van der Waals surface area (Å²) in [5.74, 6) is -0.697. The molecule has 0 fully saturated rings. The molecule has 0 saturated heterocycles. The summed E-state index contributed by atoms with van der Waals surface area (Å²) in [5.41, 5.74) is 0.0478. The number of nitrogens with zero attached hydrogens (tertiary/aromatic N) is 1. The standard InChI is InChI=1S/C9H9FN2O2/c1-6(9(13)14-2)12-8-4-3-7(10)5-11-8/h3-5H,1H2,2H3,(H,11,12). The maximum Gasteiger partial charge on any atom is 0.353 e. The van der Waals surface area contributed by atoms with Crippen molar-refractivity contribution in [1.82, 2.24) is 4.98 Å². The van der Waals surface area contributed by atoms with Gasteiger partial charge in [0.05, 0.1) is 13.3 Å². The molecule has 0 aliphatic carbocycles. The van der Waals surface area contributed by atoms with E-state index in [1.165, 1.54) is 19.2 Å². The zero-order valence-corrected chi connectivity index (χ0v) is 7.58. The number of methoxy groups -OCH3 is 1. The Bertz CT molecular complexity index is 348. The van der Waals surface area contributed by atoms with Crippen molar-refractivity contribution in [3.63, 3.8) is 0 Å². The summed E-state index contributed by atoms with van der Waals surface area (Å²) in [6.07, 6.45) is 1.03. The Kier molecular flexibility index (Phi) is 3.17. The molecular weight excluding hydrogens is 187 g/mol. The molecule has 4 nitrogen and oxygen atoms in total. The van der Waals surface area contributed by atoms with Crippen molar-refractivity contribution in [2.75, 3.05) is 12.4 Å². The molecule has 0 saturated carbocycles. The molecule has 1 heterocycles. The van der Waals surface area contributed by atoms with E-state index in [4.69, 9.17) is 0 Å². The highest BCUT2D eigenvalue weighted by atomic mass is 19.1. The van der Waals surface area contributed by atoms with E-state index in [2.05, 4.69) is 21.6 Å². The minimum atomic E-state index is -0.587. The second-order valence-electron chi connectivity index (χ2n) is 2.46. The van der Waals surface area contributed by atoms with Gasteiger partial charge >= 0.3 is 5.97 Å². The number of pyridine rings is 1. The van der Waals surface area contributed by atoms with Crippen LogP contribution >= 0.6 is 0 Å². The number of nitrogens with one attached hydrogen (secondary N) is 1. The van der Waals surface area contributed by atoms with Gasteiger partial charge < -0.3 is 10.1 Å². The van der Waals surface area contributed by atoms with Gasteiger partial charge in [-0.15, -0.1) is 0 Å². The van der Waals surface area contributed by atoms with Crippen molar-refractivity contribution >= 4 is 11.8 Å². The van der Waals surface area contributed by atoms with Crippen molar-refractivity contribution in [2.24, 2.45) is 0 Å². The summed E-state index contributed by atoms with van der Waals surface area (Å²) in [5, 5.41) is 2.57. The van der Waals surface area contributed by atoms with Crippen molar-refractivity contribution in [3.05, 3.63) is 36.4 Å². The zero-order valence-electron chi connectivity index (χ0n) is 7.58. The summed E-state index contributed by atoms with van der Waals surface area (Å²) in [6, 6.07) is 2.61. The summed E-state index contributed by atoms with van der Waals surface area (Å²) < 4.78 is 16.8. The second kappa shape index (κ2) is 4.36. The van der Waals surface area contributed by atoms with Crippen LogP contribution < -0.4 is 5.32 Å². The number of aromatic nitrogens is 1. The molecule has 0 atom stereocenters. The van der Waals surface area contributed by atoms with Gasteiger partial charge in [-0.3, -0.25) is 0 Å². The molecule has 0 aliphatic rings. The largest absolute Gasteiger partial charge is 0.464 e. The lowest BCUT2D eigenvalue weighted by Gasteiger charge is -2.05. The van der Waals surface area contributed by atoms with E-state index >= 15 is 0 Å². The van der Waals surface area contributed by atoms with Crippen LogP contribution in [0, 0.1) is 5.82 Å². The number of hydrogen-bond acceptors (Lipinski definition) is 4. The SMILES string of the molecule is C=C(Nc1ccc(F)cn1)C(=O)OC. The molecule has 0 aromatic carbocycles. The molecule has 1 aromatic heterocycles. The van der Waals surface area contributed by atoms with Gasteiger partial charge in [-0.25, -0.2) is 14.2 Å². The van der Waals surface area contributed by atoms with Crippen LogP contribution in [-0.4, -0.2) is 18.1 Å². The molecular formula is C9H9FN2O2. The van der Waals surface area contributed by atoms with Gasteiger partial charge in [0.1, 0.15) is 17.3 Å². The van der Waals surface area contributed by atoms with E-state index in [0.29, 0.717) is 5.82 Å². The first-order valence-corrected chi connectivity index (χ1v) is 3.79. The van der Waals surface area contributed by atoms with Gasteiger partial charge in [-0.1, -0.05) is 6.58 Å². The summed E-state index contributed by atoms with van der Waals surface area (Å²) in [6.45, 7) is 3.42. The monoisotopic (exact) mass is 196 g/mol. The van der Waals surface area contributed by atoms with Crippen LogP contribution in [0.2, 0.25) is 0 Å². The lowest BCUT2D eigenvalue weighted by atomic mass is 10.4. The normalized spacial score (nSPS) is 9.29. The third kappa shape index (κ3) is 2.55. The first-order chi connectivity index (χ1) is 6.63. The molecule has 5 heteroatoms. The van der Waals surface area contributed by atoms with Crippen LogP contribution in [0.1, 0.15) is 0 Å². The third-order valence-corrected chi connectivity index (χ3v) is 1.44. The Morgan fingerprint density at radius 3 is 2.86 bits per heavy atom. The molecule has 0 amide bonds. The van der Waals surface area contributed by atoms with Crippen LogP contribution in [0.25, 0.3) is 0 Å². The third-order valence-electron chi connectivity index (χ3n) is 1.44. The lowest BCUT2D eigenvalue weighted by Crippen LogP contribution is -2.12. The molecule has 0 radical (unpaired) electrons. The van der Waals surface area contributed by atoms with Crippen LogP contribution in [-0.2, 0) is 9.53 Å². The van der Waals surface area contributed by atoms with Crippen LogP contribution in [0.5, 0.6) is 0 Å². The maximum atomic E-state index is 12.4. The van der Waals surface area contributed by atoms with Gasteiger partial charge in [-0.05, 0) is 12.1 Å². The van der Waals surface area contributed by atoms with E-state index in [-0.39, 0.29) is 5.70 Å². The minimum absolute atomic E-state index is 0.0478. The van der Waals surface area contributed by atoms with E-state index in [1.54, 1.807) is 0 Å². The second-order valence-corrected chi connectivity index (χ2v) is 2.46. The number of halogens is 1. The van der Waals surface area contributed by atoms with Crippen molar-refractivity contribution in [3.8, 4) is 0 Å². The molecule has 0 spiro atoms. The Balaban J connectivity index is 2.65. The molecule has 74 valence electrons. The first-order valence-electron chi connectivity index (χ1n) is 3.79. The smallest absolute Gasteiger partial charge is 0.353 e. The number of ether oxygens (including phenoxy) is 1. The Morgan fingerprint density at radius 1 is 1.64 bits per heavy atom. The number of carbonyl (C=O) groups excluding carboxylic acids is 1. The zero-order chi connectivity index (χ0) is 10.6. The maximum absolute atomic E-state index is 12.4. The minimum Gasteiger partial charge on any atom is -0.464 e. The molecule has 0 aliphatic heterocycles. The van der Waals surface area contributed by atoms with Crippen LogP contribution in [0.15, 0.2) is 30.6 Å². The summed E-state index contributed by atoms with van der Waals surface area (Å²) >= 11 is 0. The van der Waals surface area contributed by atoms with E-state index in [9.17, 15) is 9.18 Å². The number of esters is 1. The highest BCUT2D eigenvalue weighted by Gasteiger charge is 2.06. The van der Waals surface area contributed by atoms with Crippen molar-refractivity contribution < 1.29 is 13.9 Å². The first kappa shape index (κ1) is 10.2. The lowest BCUT2D eigenvalue weighted by molar-refractivity contribution is -0.135. The number of hydrogen-bond donors (Lipinski definition) is 1. The van der Waals surface area contributed by atoms with Gasteiger partial charge in [0.25, 0.3) is 0 Å². The molecule has 14 heavy (non-hydrogen) atoms. The molecule has 1 N–H and O–H groups in total. The van der Waals surface area contributed by atoms with E-state index in [0.717, 1.165) is 6.20 Å². The number of anilines is 1. The quantitative estimate of drug-likeness (QED) is 0.585. The van der Waals surface area contributed by atoms with Crippen molar-refractivity contribution in [1.29, 1.82) is 0 Å². The predicted octanol–water partition coefficient (Wildman–Crippen LogP) is 1.32. The number of rotatable bonds is 3. The Labute approximate surface area is 80.4 Å². The van der Waals surface area contributed by atoms with Gasteiger partial charge in [-0.2, -0.15) is 0 Å². The Morgan fingerprint density at radius 2 is 2.36 bits per heavy atom. The molecule has 1 rings (SSSR count). The fourth-order valence-corrected chi connectivity index (χ4v) is 0.779. The highest BCUT2D eigenvalue weighted by Crippen LogP contribution is 2.06. The fraction of sp³-hybridized carbons (Fsp3) is 0.111. The average molecular weight is 196 g/mol. The number of carbonyl (C=O) groups is 1. The van der Waals surface area contributed by atoms with Gasteiger partial charge in [0, 0.05) is 0 Å². The molecule has 0 bridgehead atoms. The van der Waals surface area contributed by atoms with E-state index in [1.807, 2.05) is 0 Å². The van der Waals surface area contributed by atoms with Crippen LogP contribution in [0.3, 0.4) is 0 Å². The summed E-state index contributed by atoms with van der Waals surface area (Å²) in [7, 11) is 1.24. The highest BCUT2D eigenvalue weighted by molar-refractivity contribution is 5.90. The molecule has 1 aromatic rings. The Hall–Kier alpha value is -1.91. The van der Waals surface area contributed by atoms with Gasteiger partial charge in [0.15, 0.2) is 0 Å². The van der Waals surface area contributed by atoms with Crippen molar-refractivity contribution in [2.45, 2.75) is 0 Å². The summed E-state index contributed by atoms with van der Waals surface area (Å²) in [4.78, 5) is 14.6. The molecule has 0 unspecified atom stereocenters. The van der Waals surface area contributed by atoms with Gasteiger partial charge in [0.2, 0.25) is 0 Å². The topological polar surface area (TPSA) is 51.2 Å². The fourth-order valence-electron chi connectivity index (χ4n) is 0.779. The van der Waals surface area contributed by atoms with E-state index < -0.39 is 11.8 Å². The average Bonchev–Trinajstić information content (AvgIpc) is 2.20. The predicted molar refractivity (Wildman–Crippen MR) is 49.0 cm³/mol.